The molecule has 14 heavy (non-hydrogen) atoms. The Morgan fingerprint density at radius 1 is 1.50 bits per heavy atom. The molecule has 3 heteroatoms. The van der Waals surface area contributed by atoms with Gasteiger partial charge in [0.2, 0.25) is 0 Å². The Kier molecular flexibility index (Phi) is 3.65. The van der Waals surface area contributed by atoms with Crippen molar-refractivity contribution in [3.8, 4) is 0 Å². The molecule has 2 N–H and O–H groups in total. The van der Waals surface area contributed by atoms with Crippen molar-refractivity contribution in [1.29, 1.82) is 0 Å². The molecular weight excluding hydrogens is 178 g/mol. The van der Waals surface area contributed by atoms with Crippen LogP contribution in [0.15, 0.2) is 24.3 Å². The molecule has 0 aliphatic heterocycles. The number of ether oxygens (including phenoxy) is 1. The average molecular weight is 193 g/mol. The third-order valence-electron chi connectivity index (χ3n) is 1.96. The summed E-state index contributed by atoms with van der Waals surface area (Å²) < 4.78 is 4.68. The van der Waals surface area contributed by atoms with Crippen LogP contribution in [0.2, 0.25) is 0 Å². The molecule has 0 aliphatic carbocycles. The van der Waals surface area contributed by atoms with Crippen LogP contribution < -0.4 is 5.73 Å². The topological polar surface area (TPSA) is 52.3 Å². The number of hydrogen-bond acceptors (Lipinski definition) is 3. The van der Waals surface area contributed by atoms with Gasteiger partial charge in [0.05, 0.1) is 12.7 Å². The first kappa shape index (κ1) is 10.7. The molecule has 0 spiro atoms. The minimum absolute atomic E-state index is 0.0424. The third-order valence-corrected chi connectivity index (χ3v) is 1.96. The lowest BCUT2D eigenvalue weighted by atomic mass is 10.0. The summed E-state index contributed by atoms with van der Waals surface area (Å²) in [6.07, 6.45) is 0.686. The minimum Gasteiger partial charge on any atom is -0.465 e. The van der Waals surface area contributed by atoms with Gasteiger partial charge in [0.25, 0.3) is 0 Å². The lowest BCUT2D eigenvalue weighted by Gasteiger charge is -2.09. The third kappa shape index (κ3) is 2.57. The van der Waals surface area contributed by atoms with Gasteiger partial charge in [0.15, 0.2) is 0 Å². The molecule has 1 rings (SSSR count). The Labute approximate surface area is 83.9 Å². The number of hydrogen-bond donors (Lipinski definition) is 1. The largest absolute Gasteiger partial charge is 0.465 e. The van der Waals surface area contributed by atoms with E-state index in [1.165, 1.54) is 7.11 Å². The molecule has 0 fully saturated rings. The SMILES string of the molecule is COC(=O)c1ccccc1C[C@H](C)N. The van der Waals surface area contributed by atoms with Gasteiger partial charge in [-0.3, -0.25) is 0 Å². The van der Waals surface area contributed by atoms with E-state index >= 15 is 0 Å². The molecular formula is C11H15NO2. The first-order valence-electron chi connectivity index (χ1n) is 4.57. The smallest absolute Gasteiger partial charge is 0.338 e. The number of rotatable bonds is 3. The first-order valence-corrected chi connectivity index (χ1v) is 4.57. The zero-order valence-corrected chi connectivity index (χ0v) is 8.49. The van der Waals surface area contributed by atoms with E-state index in [1.807, 2.05) is 25.1 Å². The lowest BCUT2D eigenvalue weighted by Crippen LogP contribution is -2.19. The summed E-state index contributed by atoms with van der Waals surface area (Å²) >= 11 is 0. The standard InChI is InChI=1S/C11H15NO2/c1-8(12)7-9-5-3-4-6-10(9)11(13)14-2/h3-6,8H,7,12H2,1-2H3/t8-/m0/s1. The Hall–Kier alpha value is -1.35. The van der Waals surface area contributed by atoms with Gasteiger partial charge in [-0.05, 0) is 25.0 Å². The summed E-state index contributed by atoms with van der Waals surface area (Å²) in [5.41, 5.74) is 7.23. The van der Waals surface area contributed by atoms with Crippen molar-refractivity contribution >= 4 is 5.97 Å². The number of nitrogens with two attached hydrogens (primary N) is 1. The van der Waals surface area contributed by atoms with Crippen LogP contribution in [0, 0.1) is 0 Å². The van der Waals surface area contributed by atoms with Crippen LogP contribution in [0.5, 0.6) is 0 Å². The maximum absolute atomic E-state index is 11.4. The molecule has 0 bridgehead atoms. The summed E-state index contributed by atoms with van der Waals surface area (Å²) in [7, 11) is 1.38. The minimum atomic E-state index is -0.304. The first-order chi connectivity index (χ1) is 6.65. The summed E-state index contributed by atoms with van der Waals surface area (Å²) in [6, 6.07) is 7.40. The molecule has 0 aromatic heterocycles. The van der Waals surface area contributed by atoms with E-state index in [0.29, 0.717) is 12.0 Å². The number of carbonyl (C=O) groups excluding carboxylic acids is 1. The summed E-state index contributed by atoms with van der Waals surface area (Å²) in [4.78, 5) is 11.4. The zero-order chi connectivity index (χ0) is 10.6. The van der Waals surface area contributed by atoms with Crippen molar-refractivity contribution in [2.75, 3.05) is 7.11 Å². The normalized spacial score (nSPS) is 12.2. The van der Waals surface area contributed by atoms with Crippen molar-refractivity contribution in [1.82, 2.24) is 0 Å². The second-order valence-electron chi connectivity index (χ2n) is 3.33. The maximum atomic E-state index is 11.4. The van der Waals surface area contributed by atoms with Gasteiger partial charge in [-0.25, -0.2) is 4.79 Å². The van der Waals surface area contributed by atoms with E-state index in [1.54, 1.807) is 6.07 Å². The van der Waals surface area contributed by atoms with Crippen LogP contribution in [0.4, 0.5) is 0 Å². The van der Waals surface area contributed by atoms with E-state index < -0.39 is 0 Å². The van der Waals surface area contributed by atoms with Gasteiger partial charge in [0, 0.05) is 6.04 Å². The van der Waals surface area contributed by atoms with E-state index in [4.69, 9.17) is 5.73 Å². The van der Waals surface area contributed by atoms with Crippen LogP contribution in [-0.4, -0.2) is 19.1 Å². The predicted octanol–water partition coefficient (Wildman–Crippen LogP) is 1.36. The fourth-order valence-corrected chi connectivity index (χ4v) is 1.35. The summed E-state index contributed by atoms with van der Waals surface area (Å²) in [5, 5.41) is 0. The van der Waals surface area contributed by atoms with Crippen molar-refractivity contribution in [3.63, 3.8) is 0 Å². The van der Waals surface area contributed by atoms with E-state index in [0.717, 1.165) is 5.56 Å². The fourth-order valence-electron chi connectivity index (χ4n) is 1.35. The number of carbonyl (C=O) groups is 1. The Morgan fingerprint density at radius 2 is 2.14 bits per heavy atom. The maximum Gasteiger partial charge on any atom is 0.338 e. The van der Waals surface area contributed by atoms with Crippen LogP contribution in [-0.2, 0) is 11.2 Å². The highest BCUT2D eigenvalue weighted by atomic mass is 16.5. The highest BCUT2D eigenvalue weighted by Crippen LogP contribution is 2.11. The molecule has 0 aliphatic rings. The Balaban J connectivity index is 2.97. The van der Waals surface area contributed by atoms with Crippen LogP contribution in [0.1, 0.15) is 22.8 Å². The summed E-state index contributed by atoms with van der Waals surface area (Å²) in [5.74, 6) is -0.304. The molecule has 0 saturated carbocycles. The monoisotopic (exact) mass is 193 g/mol. The molecule has 1 aromatic rings. The van der Waals surface area contributed by atoms with Gasteiger partial charge in [-0.15, -0.1) is 0 Å². The van der Waals surface area contributed by atoms with Crippen LogP contribution >= 0.6 is 0 Å². The highest BCUT2D eigenvalue weighted by Gasteiger charge is 2.11. The quantitative estimate of drug-likeness (QED) is 0.737. The molecule has 3 nitrogen and oxygen atoms in total. The molecule has 1 atom stereocenters. The molecule has 0 saturated heterocycles. The van der Waals surface area contributed by atoms with Crippen molar-refractivity contribution in [2.45, 2.75) is 19.4 Å². The van der Waals surface area contributed by atoms with Gasteiger partial charge in [-0.1, -0.05) is 18.2 Å². The predicted molar refractivity (Wildman–Crippen MR) is 55.1 cm³/mol. The second-order valence-corrected chi connectivity index (χ2v) is 3.33. The van der Waals surface area contributed by atoms with Crippen molar-refractivity contribution in [3.05, 3.63) is 35.4 Å². The van der Waals surface area contributed by atoms with Crippen molar-refractivity contribution < 1.29 is 9.53 Å². The lowest BCUT2D eigenvalue weighted by molar-refractivity contribution is 0.0599. The molecule has 0 radical (unpaired) electrons. The molecule has 0 unspecified atom stereocenters. The van der Waals surface area contributed by atoms with Crippen LogP contribution in [0.3, 0.4) is 0 Å². The van der Waals surface area contributed by atoms with E-state index in [2.05, 4.69) is 4.74 Å². The molecule has 0 heterocycles. The second kappa shape index (κ2) is 4.77. The zero-order valence-electron chi connectivity index (χ0n) is 8.49. The molecule has 76 valence electrons. The van der Waals surface area contributed by atoms with Gasteiger partial charge in [-0.2, -0.15) is 0 Å². The number of methoxy groups -OCH3 is 1. The molecule has 1 aromatic carbocycles. The van der Waals surface area contributed by atoms with Gasteiger partial charge >= 0.3 is 5.97 Å². The highest BCUT2D eigenvalue weighted by molar-refractivity contribution is 5.90. The van der Waals surface area contributed by atoms with E-state index in [9.17, 15) is 4.79 Å². The van der Waals surface area contributed by atoms with Gasteiger partial charge < -0.3 is 10.5 Å². The number of esters is 1. The van der Waals surface area contributed by atoms with Gasteiger partial charge in [0.1, 0.15) is 0 Å². The van der Waals surface area contributed by atoms with Crippen LogP contribution in [0.25, 0.3) is 0 Å². The molecule has 0 amide bonds. The Morgan fingerprint density at radius 3 is 2.71 bits per heavy atom. The van der Waals surface area contributed by atoms with Crippen molar-refractivity contribution in [2.24, 2.45) is 5.73 Å². The summed E-state index contributed by atoms with van der Waals surface area (Å²) in [6.45, 7) is 1.91. The fraction of sp³-hybridized carbons (Fsp3) is 0.364. The van der Waals surface area contributed by atoms with E-state index in [-0.39, 0.29) is 12.0 Å². The Bertz CT molecular complexity index is 321. The average Bonchev–Trinajstić information content (AvgIpc) is 2.16. The number of benzene rings is 1.